The SMILES string of the molecule is CNCc1cc(Cl)ccc1OCc1ccccc1F. The average molecular weight is 280 g/mol. The number of rotatable bonds is 5. The van der Waals surface area contributed by atoms with Crippen LogP contribution in [0, 0.1) is 5.82 Å². The van der Waals surface area contributed by atoms with Gasteiger partial charge in [0.1, 0.15) is 18.2 Å². The van der Waals surface area contributed by atoms with Gasteiger partial charge in [-0.25, -0.2) is 4.39 Å². The van der Waals surface area contributed by atoms with Gasteiger partial charge in [-0.15, -0.1) is 0 Å². The van der Waals surface area contributed by atoms with Crippen LogP contribution in [-0.4, -0.2) is 7.05 Å². The summed E-state index contributed by atoms with van der Waals surface area (Å²) in [6.07, 6.45) is 0. The molecule has 1 N–H and O–H groups in total. The summed E-state index contributed by atoms with van der Waals surface area (Å²) in [7, 11) is 1.85. The Morgan fingerprint density at radius 1 is 1.16 bits per heavy atom. The van der Waals surface area contributed by atoms with Gasteiger partial charge >= 0.3 is 0 Å². The zero-order chi connectivity index (χ0) is 13.7. The van der Waals surface area contributed by atoms with Crippen molar-refractivity contribution in [3.63, 3.8) is 0 Å². The molecular weight excluding hydrogens is 265 g/mol. The standard InChI is InChI=1S/C15H15ClFNO/c1-18-9-12-8-13(16)6-7-15(12)19-10-11-4-2-3-5-14(11)17/h2-8,18H,9-10H2,1H3. The summed E-state index contributed by atoms with van der Waals surface area (Å²) < 4.78 is 19.2. The third-order valence-electron chi connectivity index (χ3n) is 2.73. The maximum atomic E-state index is 13.5. The molecule has 2 aromatic rings. The van der Waals surface area contributed by atoms with Crippen molar-refractivity contribution in [1.29, 1.82) is 0 Å². The monoisotopic (exact) mass is 279 g/mol. The third-order valence-corrected chi connectivity index (χ3v) is 2.97. The summed E-state index contributed by atoms with van der Waals surface area (Å²) in [4.78, 5) is 0. The minimum absolute atomic E-state index is 0.199. The van der Waals surface area contributed by atoms with E-state index in [9.17, 15) is 4.39 Å². The average Bonchev–Trinajstić information content (AvgIpc) is 2.40. The Hall–Kier alpha value is -1.58. The Bertz CT molecular complexity index is 560. The van der Waals surface area contributed by atoms with Gasteiger partial charge in [-0.05, 0) is 31.3 Å². The van der Waals surface area contributed by atoms with Gasteiger partial charge in [-0.1, -0.05) is 29.8 Å². The highest BCUT2D eigenvalue weighted by atomic mass is 35.5. The molecule has 2 aromatic carbocycles. The molecule has 2 nitrogen and oxygen atoms in total. The normalized spacial score (nSPS) is 10.5. The van der Waals surface area contributed by atoms with Gasteiger partial charge < -0.3 is 10.1 Å². The predicted octanol–water partition coefficient (Wildman–Crippen LogP) is 3.78. The largest absolute Gasteiger partial charge is 0.488 e. The summed E-state index contributed by atoms with van der Waals surface area (Å²) >= 11 is 5.95. The van der Waals surface area contributed by atoms with Gasteiger partial charge in [0, 0.05) is 22.7 Å². The lowest BCUT2D eigenvalue weighted by Gasteiger charge is -2.12. The molecule has 0 aliphatic heterocycles. The van der Waals surface area contributed by atoms with E-state index in [0.717, 1.165) is 5.56 Å². The van der Waals surface area contributed by atoms with Crippen LogP contribution in [0.15, 0.2) is 42.5 Å². The maximum absolute atomic E-state index is 13.5. The second-order valence-electron chi connectivity index (χ2n) is 4.16. The number of hydrogen-bond acceptors (Lipinski definition) is 2. The topological polar surface area (TPSA) is 21.3 Å². The maximum Gasteiger partial charge on any atom is 0.129 e. The van der Waals surface area contributed by atoms with Gasteiger partial charge in [0.05, 0.1) is 0 Å². The fourth-order valence-electron chi connectivity index (χ4n) is 1.79. The van der Waals surface area contributed by atoms with Gasteiger partial charge in [0.25, 0.3) is 0 Å². The molecule has 0 aliphatic carbocycles. The third kappa shape index (κ3) is 3.69. The van der Waals surface area contributed by atoms with Crippen molar-refractivity contribution in [2.45, 2.75) is 13.2 Å². The minimum Gasteiger partial charge on any atom is -0.488 e. The first-order valence-corrected chi connectivity index (χ1v) is 6.37. The van der Waals surface area contributed by atoms with E-state index >= 15 is 0 Å². The van der Waals surface area contributed by atoms with Gasteiger partial charge in [0.15, 0.2) is 0 Å². The molecule has 0 atom stereocenters. The molecule has 0 saturated carbocycles. The molecule has 0 amide bonds. The molecule has 19 heavy (non-hydrogen) atoms. The molecule has 0 saturated heterocycles. The van der Waals surface area contributed by atoms with Crippen LogP contribution in [0.2, 0.25) is 5.02 Å². The summed E-state index contributed by atoms with van der Waals surface area (Å²) in [5.41, 5.74) is 1.49. The van der Waals surface area contributed by atoms with E-state index in [1.54, 1.807) is 30.3 Å². The first-order chi connectivity index (χ1) is 9.20. The van der Waals surface area contributed by atoms with Gasteiger partial charge in [-0.2, -0.15) is 0 Å². The Morgan fingerprint density at radius 3 is 2.68 bits per heavy atom. The summed E-state index contributed by atoms with van der Waals surface area (Å²) in [5.74, 6) is 0.452. The van der Waals surface area contributed by atoms with Crippen LogP contribution in [0.25, 0.3) is 0 Å². The number of benzene rings is 2. The lowest BCUT2D eigenvalue weighted by Crippen LogP contribution is -2.08. The summed E-state index contributed by atoms with van der Waals surface area (Å²) in [5, 5.41) is 3.70. The van der Waals surface area contributed by atoms with Crippen molar-refractivity contribution in [1.82, 2.24) is 5.32 Å². The zero-order valence-electron chi connectivity index (χ0n) is 10.6. The molecule has 2 rings (SSSR count). The quantitative estimate of drug-likeness (QED) is 0.899. The molecule has 0 unspecified atom stereocenters. The Labute approximate surface area is 117 Å². The Morgan fingerprint density at radius 2 is 1.95 bits per heavy atom. The predicted molar refractivity (Wildman–Crippen MR) is 74.9 cm³/mol. The van der Waals surface area contributed by atoms with Crippen molar-refractivity contribution >= 4 is 11.6 Å². The first kappa shape index (κ1) is 13.8. The van der Waals surface area contributed by atoms with Crippen LogP contribution >= 0.6 is 11.6 Å². The van der Waals surface area contributed by atoms with E-state index in [4.69, 9.17) is 16.3 Å². The fourth-order valence-corrected chi connectivity index (χ4v) is 1.98. The molecule has 0 heterocycles. The number of ether oxygens (including phenoxy) is 1. The summed E-state index contributed by atoms with van der Waals surface area (Å²) in [6.45, 7) is 0.845. The molecule has 0 spiro atoms. The number of halogens is 2. The van der Waals surface area contributed by atoms with Crippen molar-refractivity contribution in [3.8, 4) is 5.75 Å². The Kier molecular flexibility index (Phi) is 4.77. The molecule has 0 bridgehead atoms. The zero-order valence-corrected chi connectivity index (χ0v) is 11.4. The molecule has 0 aliphatic rings. The van der Waals surface area contributed by atoms with Crippen LogP contribution in [-0.2, 0) is 13.2 Å². The Balaban J connectivity index is 2.13. The molecule has 4 heteroatoms. The highest BCUT2D eigenvalue weighted by molar-refractivity contribution is 6.30. The van der Waals surface area contributed by atoms with E-state index in [1.807, 2.05) is 13.1 Å². The fraction of sp³-hybridized carbons (Fsp3) is 0.200. The highest BCUT2D eigenvalue weighted by Gasteiger charge is 2.06. The van der Waals surface area contributed by atoms with Crippen molar-refractivity contribution in [2.24, 2.45) is 0 Å². The van der Waals surface area contributed by atoms with E-state index in [-0.39, 0.29) is 12.4 Å². The summed E-state index contributed by atoms with van der Waals surface area (Å²) in [6, 6.07) is 12.0. The number of nitrogens with one attached hydrogen (secondary N) is 1. The molecule has 0 radical (unpaired) electrons. The second kappa shape index (κ2) is 6.55. The molecule has 100 valence electrons. The second-order valence-corrected chi connectivity index (χ2v) is 4.60. The van der Waals surface area contributed by atoms with Gasteiger partial charge in [-0.3, -0.25) is 0 Å². The van der Waals surface area contributed by atoms with E-state index in [0.29, 0.717) is 22.9 Å². The van der Waals surface area contributed by atoms with Crippen molar-refractivity contribution < 1.29 is 9.13 Å². The number of hydrogen-bond donors (Lipinski definition) is 1. The van der Waals surface area contributed by atoms with Crippen LogP contribution in [0.3, 0.4) is 0 Å². The smallest absolute Gasteiger partial charge is 0.129 e. The molecule has 0 fully saturated rings. The lowest BCUT2D eigenvalue weighted by atomic mass is 10.2. The first-order valence-electron chi connectivity index (χ1n) is 6.00. The van der Waals surface area contributed by atoms with E-state index < -0.39 is 0 Å². The van der Waals surface area contributed by atoms with Crippen molar-refractivity contribution in [3.05, 3.63) is 64.4 Å². The molecular formula is C15H15ClFNO. The van der Waals surface area contributed by atoms with Crippen LogP contribution in [0.5, 0.6) is 5.75 Å². The minimum atomic E-state index is -0.258. The van der Waals surface area contributed by atoms with Gasteiger partial charge in [0.2, 0.25) is 0 Å². The lowest BCUT2D eigenvalue weighted by molar-refractivity contribution is 0.296. The van der Waals surface area contributed by atoms with E-state index in [2.05, 4.69) is 5.32 Å². The highest BCUT2D eigenvalue weighted by Crippen LogP contribution is 2.24. The van der Waals surface area contributed by atoms with Crippen LogP contribution in [0.4, 0.5) is 4.39 Å². The van der Waals surface area contributed by atoms with E-state index in [1.165, 1.54) is 6.07 Å². The van der Waals surface area contributed by atoms with Crippen LogP contribution < -0.4 is 10.1 Å². The van der Waals surface area contributed by atoms with Crippen molar-refractivity contribution in [2.75, 3.05) is 7.05 Å². The van der Waals surface area contributed by atoms with Crippen LogP contribution in [0.1, 0.15) is 11.1 Å². The molecule has 0 aromatic heterocycles.